The summed E-state index contributed by atoms with van der Waals surface area (Å²) in [7, 11) is 3.19. The molecule has 1 aromatic carbocycles. The Balaban J connectivity index is 1.40. The second-order valence-electron chi connectivity index (χ2n) is 6.45. The van der Waals surface area contributed by atoms with Crippen LogP contribution in [-0.4, -0.2) is 70.7 Å². The van der Waals surface area contributed by atoms with Crippen molar-refractivity contribution in [2.24, 2.45) is 0 Å². The van der Waals surface area contributed by atoms with E-state index in [1.165, 1.54) is 11.8 Å². The number of aliphatic hydroxyl groups excluding tert-OH is 1. The fourth-order valence-electron chi connectivity index (χ4n) is 2.90. The molecule has 2 aromatic rings. The van der Waals surface area contributed by atoms with Crippen molar-refractivity contribution >= 4 is 11.8 Å². The Hall–Kier alpha value is -1.88. The van der Waals surface area contributed by atoms with Gasteiger partial charge in [0.25, 0.3) is 0 Å². The Morgan fingerprint density at radius 1 is 1.32 bits per heavy atom. The Kier molecular flexibility index (Phi) is 7.90. The van der Waals surface area contributed by atoms with Crippen LogP contribution in [0.4, 0.5) is 0 Å². The molecule has 1 saturated heterocycles. The average molecular weight is 410 g/mol. The van der Waals surface area contributed by atoms with Crippen LogP contribution < -0.4 is 9.47 Å². The molecule has 0 amide bonds. The van der Waals surface area contributed by atoms with Gasteiger partial charge in [0.1, 0.15) is 0 Å². The van der Waals surface area contributed by atoms with Crippen LogP contribution in [-0.2, 0) is 22.6 Å². The molecule has 154 valence electrons. The van der Waals surface area contributed by atoms with Gasteiger partial charge in [-0.3, -0.25) is 0 Å². The molecular formula is C18H26N4O5S. The molecule has 0 aliphatic carbocycles. The maximum atomic E-state index is 10.2. The van der Waals surface area contributed by atoms with Crippen molar-refractivity contribution in [2.45, 2.75) is 43.4 Å². The fraction of sp³-hybridized carbons (Fsp3) is 0.611. The zero-order valence-corrected chi connectivity index (χ0v) is 16.9. The van der Waals surface area contributed by atoms with Crippen LogP contribution in [0.5, 0.6) is 11.5 Å². The minimum Gasteiger partial charge on any atom is -0.493 e. The van der Waals surface area contributed by atoms with Gasteiger partial charge in [-0.2, -0.15) is 0 Å². The number of hydrogen-bond acceptors (Lipinski definition) is 9. The molecule has 0 radical (unpaired) electrons. The van der Waals surface area contributed by atoms with E-state index in [-0.39, 0.29) is 12.7 Å². The third kappa shape index (κ3) is 5.81. The maximum absolute atomic E-state index is 10.2. The average Bonchev–Trinajstić information content (AvgIpc) is 3.38. The van der Waals surface area contributed by atoms with Crippen molar-refractivity contribution in [3.63, 3.8) is 0 Å². The van der Waals surface area contributed by atoms with E-state index in [9.17, 15) is 5.11 Å². The first-order chi connectivity index (χ1) is 13.7. The zero-order chi connectivity index (χ0) is 19.8. The number of methoxy groups -OCH3 is 2. The van der Waals surface area contributed by atoms with Crippen molar-refractivity contribution < 1.29 is 24.1 Å². The molecule has 1 aliphatic rings. The van der Waals surface area contributed by atoms with Gasteiger partial charge in [0.2, 0.25) is 5.16 Å². The molecule has 1 aromatic heterocycles. The number of ether oxygens (including phenoxy) is 4. The number of nitrogens with zero attached hydrogens (tertiary/aromatic N) is 4. The Labute approximate surface area is 168 Å². The minimum absolute atomic E-state index is 0.164. The van der Waals surface area contributed by atoms with Gasteiger partial charge in [0, 0.05) is 12.4 Å². The molecule has 1 N–H and O–H groups in total. The molecule has 2 unspecified atom stereocenters. The highest BCUT2D eigenvalue weighted by atomic mass is 32.2. The molecule has 1 aliphatic heterocycles. The first kappa shape index (κ1) is 20.8. The van der Waals surface area contributed by atoms with Crippen LogP contribution in [0.25, 0.3) is 0 Å². The summed E-state index contributed by atoms with van der Waals surface area (Å²) in [6, 6.07) is 5.60. The van der Waals surface area contributed by atoms with Crippen LogP contribution in [0.2, 0.25) is 0 Å². The molecular weight excluding hydrogens is 384 g/mol. The van der Waals surface area contributed by atoms with E-state index >= 15 is 0 Å². The summed E-state index contributed by atoms with van der Waals surface area (Å²) < 4.78 is 23.5. The Morgan fingerprint density at radius 3 is 2.93 bits per heavy atom. The summed E-state index contributed by atoms with van der Waals surface area (Å²) in [5.74, 6) is 1.76. The lowest BCUT2D eigenvalue weighted by Gasteiger charge is -2.13. The number of thioether (sulfide) groups is 1. The van der Waals surface area contributed by atoms with Crippen LogP contribution in [0, 0.1) is 0 Å². The molecule has 0 bridgehead atoms. The predicted molar refractivity (Wildman–Crippen MR) is 103 cm³/mol. The first-order valence-corrected chi connectivity index (χ1v) is 10.2. The normalized spacial score (nSPS) is 17.6. The van der Waals surface area contributed by atoms with Crippen molar-refractivity contribution in [3.8, 4) is 11.5 Å². The van der Waals surface area contributed by atoms with Crippen LogP contribution in [0.15, 0.2) is 23.4 Å². The van der Waals surface area contributed by atoms with Gasteiger partial charge in [-0.05, 0) is 41.0 Å². The molecule has 2 atom stereocenters. The summed E-state index contributed by atoms with van der Waals surface area (Å²) in [4.78, 5) is 0. The van der Waals surface area contributed by atoms with E-state index in [0.717, 1.165) is 25.0 Å². The first-order valence-electron chi connectivity index (χ1n) is 9.17. The van der Waals surface area contributed by atoms with Crippen LogP contribution in [0.1, 0.15) is 18.4 Å². The van der Waals surface area contributed by atoms with E-state index < -0.39 is 6.10 Å². The molecule has 1 fully saturated rings. The number of aliphatic hydroxyl groups is 1. The van der Waals surface area contributed by atoms with Gasteiger partial charge in [-0.15, -0.1) is 5.10 Å². The number of tetrazole rings is 1. The largest absolute Gasteiger partial charge is 0.493 e. The SMILES string of the molecule is COc1ccc(COCC(O)CSc2nnnn2CC2CCCO2)cc1OC. The third-order valence-electron chi connectivity index (χ3n) is 4.33. The summed E-state index contributed by atoms with van der Waals surface area (Å²) in [5, 5.41) is 22.6. The Bertz CT molecular complexity index is 739. The second-order valence-corrected chi connectivity index (χ2v) is 7.44. The molecule has 10 heteroatoms. The van der Waals surface area contributed by atoms with Crippen molar-refractivity contribution in [2.75, 3.05) is 33.2 Å². The number of benzene rings is 1. The lowest BCUT2D eigenvalue weighted by molar-refractivity contribution is 0.0396. The fourth-order valence-corrected chi connectivity index (χ4v) is 3.69. The van der Waals surface area contributed by atoms with Crippen molar-refractivity contribution in [1.29, 1.82) is 0 Å². The quantitative estimate of drug-likeness (QED) is 0.553. The van der Waals surface area contributed by atoms with Crippen LogP contribution in [0.3, 0.4) is 0 Å². The van der Waals surface area contributed by atoms with E-state index in [4.69, 9.17) is 18.9 Å². The van der Waals surface area contributed by atoms with E-state index in [0.29, 0.717) is 35.6 Å². The van der Waals surface area contributed by atoms with Gasteiger partial charge in [-0.25, -0.2) is 4.68 Å². The highest BCUT2D eigenvalue weighted by molar-refractivity contribution is 7.99. The lowest BCUT2D eigenvalue weighted by atomic mass is 10.2. The van der Waals surface area contributed by atoms with Crippen molar-refractivity contribution in [3.05, 3.63) is 23.8 Å². The number of aromatic nitrogens is 4. The molecule has 28 heavy (non-hydrogen) atoms. The number of rotatable bonds is 11. The maximum Gasteiger partial charge on any atom is 0.209 e. The molecule has 3 rings (SSSR count). The Morgan fingerprint density at radius 2 is 2.18 bits per heavy atom. The van der Waals surface area contributed by atoms with E-state index in [1.54, 1.807) is 18.9 Å². The smallest absolute Gasteiger partial charge is 0.209 e. The summed E-state index contributed by atoms with van der Waals surface area (Å²) >= 11 is 1.41. The monoisotopic (exact) mass is 410 g/mol. The summed E-state index contributed by atoms with van der Waals surface area (Å²) in [5.41, 5.74) is 0.943. The summed E-state index contributed by atoms with van der Waals surface area (Å²) in [6.07, 6.45) is 1.64. The van der Waals surface area contributed by atoms with Crippen LogP contribution >= 0.6 is 11.8 Å². The second kappa shape index (κ2) is 10.6. The highest BCUT2D eigenvalue weighted by Crippen LogP contribution is 2.27. The van der Waals surface area contributed by atoms with E-state index in [1.807, 2.05) is 18.2 Å². The van der Waals surface area contributed by atoms with Gasteiger partial charge in [-0.1, -0.05) is 17.8 Å². The minimum atomic E-state index is -0.627. The predicted octanol–water partition coefficient (Wildman–Crippen LogP) is 1.54. The van der Waals surface area contributed by atoms with Gasteiger partial charge in [0.15, 0.2) is 11.5 Å². The molecule has 9 nitrogen and oxygen atoms in total. The summed E-state index contributed by atoms with van der Waals surface area (Å²) in [6.45, 7) is 2.03. The molecule has 0 spiro atoms. The van der Waals surface area contributed by atoms with Gasteiger partial charge >= 0.3 is 0 Å². The van der Waals surface area contributed by atoms with Gasteiger partial charge < -0.3 is 24.1 Å². The number of hydrogen-bond donors (Lipinski definition) is 1. The van der Waals surface area contributed by atoms with Gasteiger partial charge in [0.05, 0.1) is 46.2 Å². The molecule has 2 heterocycles. The topological polar surface area (TPSA) is 101 Å². The standard InChI is InChI=1S/C18H26N4O5S/c1-24-16-6-5-13(8-17(16)25-2)10-26-11-14(23)12-28-18-19-20-21-22(18)9-15-4-3-7-27-15/h5-6,8,14-15,23H,3-4,7,9-12H2,1-2H3. The molecule has 0 saturated carbocycles. The highest BCUT2D eigenvalue weighted by Gasteiger charge is 2.19. The zero-order valence-electron chi connectivity index (χ0n) is 16.1. The third-order valence-corrected chi connectivity index (χ3v) is 5.43. The van der Waals surface area contributed by atoms with Crippen molar-refractivity contribution in [1.82, 2.24) is 20.2 Å². The van der Waals surface area contributed by atoms with E-state index in [2.05, 4.69) is 15.5 Å². The lowest BCUT2D eigenvalue weighted by Crippen LogP contribution is -2.20.